The molecule has 4 nitrogen and oxygen atoms in total. The summed E-state index contributed by atoms with van der Waals surface area (Å²) in [5.74, 6) is -0.164. The van der Waals surface area contributed by atoms with Crippen LogP contribution in [0.15, 0.2) is 0 Å². The standard InChI is InChI=1S/C11H22N2O2/c1-2-3-4-5-9-13-15-11(14)10-7-6-8-12-10/h10,12-13H,2-9H2,1H3. The van der Waals surface area contributed by atoms with Crippen molar-refractivity contribution in [3.8, 4) is 0 Å². The van der Waals surface area contributed by atoms with Gasteiger partial charge in [-0.1, -0.05) is 26.2 Å². The molecule has 88 valence electrons. The third-order valence-corrected chi connectivity index (χ3v) is 2.65. The molecule has 0 amide bonds. The molecule has 0 spiro atoms. The van der Waals surface area contributed by atoms with E-state index in [1.165, 1.54) is 19.3 Å². The third-order valence-electron chi connectivity index (χ3n) is 2.65. The summed E-state index contributed by atoms with van der Waals surface area (Å²) >= 11 is 0. The van der Waals surface area contributed by atoms with Crippen molar-refractivity contribution >= 4 is 5.97 Å². The van der Waals surface area contributed by atoms with Gasteiger partial charge in [0.1, 0.15) is 6.04 Å². The van der Waals surface area contributed by atoms with E-state index >= 15 is 0 Å². The van der Waals surface area contributed by atoms with Crippen molar-refractivity contribution in [3.05, 3.63) is 0 Å². The highest BCUT2D eigenvalue weighted by atomic mass is 16.7. The van der Waals surface area contributed by atoms with Crippen LogP contribution in [0.5, 0.6) is 0 Å². The van der Waals surface area contributed by atoms with Crippen LogP contribution < -0.4 is 10.8 Å². The van der Waals surface area contributed by atoms with Gasteiger partial charge in [0, 0.05) is 6.54 Å². The monoisotopic (exact) mass is 214 g/mol. The van der Waals surface area contributed by atoms with E-state index in [2.05, 4.69) is 17.7 Å². The SMILES string of the molecule is CCCCCCNOC(=O)C1CCCN1. The van der Waals surface area contributed by atoms with E-state index in [4.69, 9.17) is 4.84 Å². The van der Waals surface area contributed by atoms with Crippen molar-refractivity contribution in [1.29, 1.82) is 0 Å². The molecule has 2 N–H and O–H groups in total. The molecule has 1 heterocycles. The van der Waals surface area contributed by atoms with E-state index in [1.807, 2.05) is 0 Å². The second-order valence-corrected chi connectivity index (χ2v) is 4.03. The predicted molar refractivity (Wildman–Crippen MR) is 59.3 cm³/mol. The number of hydrogen-bond donors (Lipinski definition) is 2. The molecule has 0 radical (unpaired) electrons. The van der Waals surface area contributed by atoms with Gasteiger partial charge in [-0.05, 0) is 25.8 Å². The number of carbonyl (C=O) groups is 1. The van der Waals surface area contributed by atoms with E-state index in [1.54, 1.807) is 0 Å². The Balaban J connectivity index is 1.92. The van der Waals surface area contributed by atoms with Crippen molar-refractivity contribution in [2.45, 2.75) is 51.5 Å². The Hall–Kier alpha value is -0.610. The number of hydrogen-bond acceptors (Lipinski definition) is 4. The minimum atomic E-state index is -0.164. The van der Waals surface area contributed by atoms with Crippen LogP contribution in [0.25, 0.3) is 0 Å². The summed E-state index contributed by atoms with van der Waals surface area (Å²) in [5, 5.41) is 3.10. The molecule has 0 aromatic heterocycles. The Morgan fingerprint density at radius 3 is 3.00 bits per heavy atom. The molecule has 1 rings (SSSR count). The number of unbranched alkanes of at least 4 members (excludes halogenated alkanes) is 3. The molecule has 1 saturated heterocycles. The van der Waals surface area contributed by atoms with Crippen LogP contribution in [0.4, 0.5) is 0 Å². The first-order chi connectivity index (χ1) is 7.34. The largest absolute Gasteiger partial charge is 0.369 e. The van der Waals surface area contributed by atoms with Crippen molar-refractivity contribution in [2.24, 2.45) is 0 Å². The molecule has 1 aliphatic heterocycles. The van der Waals surface area contributed by atoms with Crippen LogP contribution >= 0.6 is 0 Å². The van der Waals surface area contributed by atoms with Gasteiger partial charge in [-0.25, -0.2) is 4.79 Å². The summed E-state index contributed by atoms with van der Waals surface area (Å²) in [5.41, 5.74) is 2.73. The van der Waals surface area contributed by atoms with Gasteiger partial charge < -0.3 is 10.2 Å². The quantitative estimate of drug-likeness (QED) is 0.496. The first kappa shape index (κ1) is 12.5. The zero-order valence-electron chi connectivity index (χ0n) is 9.55. The van der Waals surface area contributed by atoms with Crippen LogP contribution in [0.3, 0.4) is 0 Å². The average molecular weight is 214 g/mol. The van der Waals surface area contributed by atoms with E-state index in [9.17, 15) is 4.79 Å². The Kier molecular flexibility index (Phi) is 6.36. The molecule has 0 aliphatic carbocycles. The van der Waals surface area contributed by atoms with E-state index in [0.29, 0.717) is 0 Å². The van der Waals surface area contributed by atoms with Crippen molar-refractivity contribution in [1.82, 2.24) is 10.8 Å². The number of carbonyl (C=O) groups excluding carboxylic acids is 1. The molecule has 1 atom stereocenters. The highest BCUT2D eigenvalue weighted by Gasteiger charge is 2.23. The van der Waals surface area contributed by atoms with Gasteiger partial charge in [-0.15, -0.1) is 0 Å². The summed E-state index contributed by atoms with van der Waals surface area (Å²) < 4.78 is 0. The molecule has 1 aliphatic rings. The maximum Gasteiger partial charge on any atom is 0.341 e. The van der Waals surface area contributed by atoms with Gasteiger partial charge >= 0.3 is 5.97 Å². The lowest BCUT2D eigenvalue weighted by Crippen LogP contribution is -2.36. The maximum atomic E-state index is 11.4. The average Bonchev–Trinajstić information content (AvgIpc) is 2.76. The Morgan fingerprint density at radius 2 is 2.33 bits per heavy atom. The summed E-state index contributed by atoms with van der Waals surface area (Å²) in [6, 6.07) is -0.0897. The number of nitrogens with one attached hydrogen (secondary N) is 2. The Morgan fingerprint density at radius 1 is 1.47 bits per heavy atom. The van der Waals surface area contributed by atoms with Gasteiger partial charge in [-0.2, -0.15) is 5.48 Å². The molecule has 4 heteroatoms. The fourth-order valence-electron chi connectivity index (χ4n) is 1.70. The van der Waals surface area contributed by atoms with E-state index in [0.717, 1.165) is 32.4 Å². The smallest absolute Gasteiger partial charge is 0.341 e. The molecule has 0 saturated carbocycles. The summed E-state index contributed by atoms with van der Waals surface area (Å²) in [7, 11) is 0. The minimum Gasteiger partial charge on any atom is -0.369 e. The van der Waals surface area contributed by atoms with Gasteiger partial charge in [-0.3, -0.25) is 0 Å². The van der Waals surface area contributed by atoms with Crippen LogP contribution in [-0.4, -0.2) is 25.1 Å². The van der Waals surface area contributed by atoms with Crippen molar-refractivity contribution in [3.63, 3.8) is 0 Å². The third kappa shape index (κ3) is 5.14. The van der Waals surface area contributed by atoms with Crippen LogP contribution in [0.1, 0.15) is 45.4 Å². The first-order valence-electron chi connectivity index (χ1n) is 6.01. The molecule has 15 heavy (non-hydrogen) atoms. The van der Waals surface area contributed by atoms with Crippen LogP contribution in [-0.2, 0) is 9.63 Å². The number of rotatable bonds is 7. The van der Waals surface area contributed by atoms with Gasteiger partial charge in [0.25, 0.3) is 0 Å². The van der Waals surface area contributed by atoms with Crippen molar-refractivity contribution in [2.75, 3.05) is 13.1 Å². The molecule has 0 aromatic carbocycles. The minimum absolute atomic E-state index is 0.0897. The molecular weight excluding hydrogens is 192 g/mol. The summed E-state index contributed by atoms with van der Waals surface area (Å²) in [4.78, 5) is 16.3. The molecule has 0 aromatic rings. The zero-order valence-corrected chi connectivity index (χ0v) is 9.55. The molecule has 1 fully saturated rings. The Labute approximate surface area is 91.7 Å². The molecular formula is C11H22N2O2. The van der Waals surface area contributed by atoms with Crippen LogP contribution in [0.2, 0.25) is 0 Å². The fourth-order valence-corrected chi connectivity index (χ4v) is 1.70. The second kappa shape index (κ2) is 7.65. The normalized spacial score (nSPS) is 20.5. The topological polar surface area (TPSA) is 50.4 Å². The lowest BCUT2D eigenvalue weighted by molar-refractivity contribution is -0.153. The summed E-state index contributed by atoms with van der Waals surface area (Å²) in [6.45, 7) is 3.87. The zero-order chi connectivity index (χ0) is 10.9. The Bertz CT molecular complexity index is 179. The molecule has 0 bridgehead atoms. The van der Waals surface area contributed by atoms with Crippen molar-refractivity contribution < 1.29 is 9.63 Å². The highest BCUT2D eigenvalue weighted by molar-refractivity contribution is 5.75. The maximum absolute atomic E-state index is 11.4. The first-order valence-corrected chi connectivity index (χ1v) is 6.01. The highest BCUT2D eigenvalue weighted by Crippen LogP contribution is 2.05. The fraction of sp³-hybridized carbons (Fsp3) is 0.909. The molecule has 1 unspecified atom stereocenters. The lowest BCUT2D eigenvalue weighted by Gasteiger charge is -2.10. The van der Waals surface area contributed by atoms with E-state index < -0.39 is 0 Å². The van der Waals surface area contributed by atoms with Gasteiger partial charge in [0.2, 0.25) is 0 Å². The van der Waals surface area contributed by atoms with E-state index in [-0.39, 0.29) is 12.0 Å². The van der Waals surface area contributed by atoms with Crippen LogP contribution in [0, 0.1) is 0 Å². The second-order valence-electron chi connectivity index (χ2n) is 4.03. The summed E-state index contributed by atoms with van der Waals surface area (Å²) in [6.07, 6.45) is 6.71. The predicted octanol–water partition coefficient (Wildman–Crippen LogP) is 1.37. The van der Waals surface area contributed by atoms with Gasteiger partial charge in [0.05, 0.1) is 0 Å². The van der Waals surface area contributed by atoms with Gasteiger partial charge in [0.15, 0.2) is 0 Å². The lowest BCUT2D eigenvalue weighted by atomic mass is 10.2. The number of hydroxylamine groups is 1.